The fourth-order valence-corrected chi connectivity index (χ4v) is 1.43. The summed E-state index contributed by atoms with van der Waals surface area (Å²) >= 11 is 0. The minimum Gasteiger partial charge on any atom is -0.349 e. The van der Waals surface area contributed by atoms with Crippen LogP contribution in [0, 0.1) is 0 Å². The summed E-state index contributed by atoms with van der Waals surface area (Å²) in [6.07, 6.45) is -4.72. The summed E-state index contributed by atoms with van der Waals surface area (Å²) in [6.45, 7) is 5.94. The summed E-state index contributed by atoms with van der Waals surface area (Å²) in [5.41, 5.74) is -0.252. The molecule has 0 atom stereocenters. The molecule has 0 aliphatic heterocycles. The van der Waals surface area contributed by atoms with Crippen molar-refractivity contribution < 1.29 is 18.0 Å². The van der Waals surface area contributed by atoms with Crippen molar-refractivity contribution in [3.63, 3.8) is 0 Å². The van der Waals surface area contributed by atoms with E-state index in [1.165, 1.54) is 0 Å². The van der Waals surface area contributed by atoms with Gasteiger partial charge in [-0.2, -0.15) is 13.2 Å². The first kappa shape index (κ1) is 16.5. The van der Waals surface area contributed by atoms with Crippen LogP contribution in [0.15, 0.2) is 0 Å². The molecule has 0 saturated heterocycles. The van der Waals surface area contributed by atoms with Crippen LogP contribution in [0.4, 0.5) is 13.2 Å². The van der Waals surface area contributed by atoms with Gasteiger partial charge in [-0.3, -0.25) is 9.89 Å². The van der Waals surface area contributed by atoms with Gasteiger partial charge in [-0.25, -0.2) is 4.98 Å². The number of halogens is 3. The van der Waals surface area contributed by atoms with Gasteiger partial charge in [-0.1, -0.05) is 20.8 Å². The fraction of sp³-hybridized carbons (Fsp3) is 0.750. The van der Waals surface area contributed by atoms with Crippen LogP contribution < -0.4 is 5.32 Å². The average Bonchev–Trinajstić information content (AvgIpc) is 2.75. The largest absolute Gasteiger partial charge is 0.389 e. The molecular weight excluding hydrogens is 273 g/mol. The van der Waals surface area contributed by atoms with Crippen LogP contribution in [0.2, 0.25) is 0 Å². The van der Waals surface area contributed by atoms with Gasteiger partial charge in [0.25, 0.3) is 5.91 Å². The van der Waals surface area contributed by atoms with Crippen LogP contribution >= 0.6 is 0 Å². The predicted octanol–water partition coefficient (Wildman–Crippen LogP) is 2.56. The number of nitrogens with one attached hydrogen (secondary N) is 2. The molecule has 0 aliphatic carbocycles. The van der Waals surface area contributed by atoms with Crippen molar-refractivity contribution in [3.05, 3.63) is 11.6 Å². The molecule has 0 saturated carbocycles. The number of carbonyl (C=O) groups is 1. The number of amides is 1. The van der Waals surface area contributed by atoms with E-state index in [2.05, 4.69) is 20.5 Å². The van der Waals surface area contributed by atoms with E-state index in [9.17, 15) is 18.0 Å². The van der Waals surface area contributed by atoms with Gasteiger partial charge in [-0.15, -0.1) is 5.10 Å². The van der Waals surface area contributed by atoms with Gasteiger partial charge in [0, 0.05) is 18.4 Å². The van der Waals surface area contributed by atoms with Gasteiger partial charge < -0.3 is 5.32 Å². The zero-order valence-corrected chi connectivity index (χ0v) is 11.8. The van der Waals surface area contributed by atoms with E-state index in [-0.39, 0.29) is 30.6 Å². The zero-order chi connectivity index (χ0) is 15.4. The van der Waals surface area contributed by atoms with Gasteiger partial charge in [0.1, 0.15) is 5.82 Å². The van der Waals surface area contributed by atoms with Gasteiger partial charge in [0.05, 0.1) is 0 Å². The van der Waals surface area contributed by atoms with E-state index in [0.29, 0.717) is 5.82 Å². The average molecular weight is 292 g/mol. The number of unbranched alkanes of at least 4 members (excludes halogenated alkanes) is 1. The number of carbonyl (C=O) groups excluding carboxylic acids is 1. The Balaban J connectivity index is 2.35. The Morgan fingerprint density at radius 2 is 1.90 bits per heavy atom. The number of hydrogen-bond donors (Lipinski definition) is 2. The fourth-order valence-electron chi connectivity index (χ4n) is 1.43. The Labute approximate surface area is 115 Å². The van der Waals surface area contributed by atoms with Crippen molar-refractivity contribution in [3.8, 4) is 0 Å². The van der Waals surface area contributed by atoms with Crippen LogP contribution in [0.5, 0.6) is 0 Å². The lowest BCUT2D eigenvalue weighted by Crippen LogP contribution is -2.26. The lowest BCUT2D eigenvalue weighted by molar-refractivity contribution is -0.135. The first-order chi connectivity index (χ1) is 9.09. The van der Waals surface area contributed by atoms with E-state index >= 15 is 0 Å². The molecule has 1 aromatic heterocycles. The van der Waals surface area contributed by atoms with E-state index < -0.39 is 18.5 Å². The molecule has 0 radical (unpaired) electrons. The van der Waals surface area contributed by atoms with Crippen molar-refractivity contribution in [2.24, 2.45) is 0 Å². The third kappa shape index (κ3) is 5.58. The molecule has 0 spiro atoms. The second-order valence-electron chi connectivity index (χ2n) is 5.59. The highest BCUT2D eigenvalue weighted by Gasteiger charge is 2.26. The maximum Gasteiger partial charge on any atom is 0.389 e. The molecule has 8 heteroatoms. The minimum absolute atomic E-state index is 0.00532. The Bertz CT molecular complexity index is 448. The van der Waals surface area contributed by atoms with Crippen molar-refractivity contribution in [1.82, 2.24) is 20.5 Å². The molecule has 1 rings (SSSR count). The van der Waals surface area contributed by atoms with Crippen LogP contribution in [0.1, 0.15) is 56.5 Å². The molecule has 20 heavy (non-hydrogen) atoms. The normalized spacial score (nSPS) is 12.5. The number of rotatable bonds is 5. The quantitative estimate of drug-likeness (QED) is 0.819. The number of aromatic nitrogens is 3. The molecular formula is C12H19F3N4O. The van der Waals surface area contributed by atoms with Crippen LogP contribution in [-0.2, 0) is 5.41 Å². The summed E-state index contributed by atoms with van der Waals surface area (Å²) in [4.78, 5) is 15.7. The number of aromatic amines is 1. The molecule has 0 bridgehead atoms. The monoisotopic (exact) mass is 292 g/mol. The highest BCUT2D eigenvalue weighted by molar-refractivity contribution is 5.90. The highest BCUT2D eigenvalue weighted by atomic mass is 19.4. The molecule has 1 amide bonds. The third-order valence-corrected chi connectivity index (χ3v) is 2.57. The van der Waals surface area contributed by atoms with Crippen LogP contribution in [-0.4, -0.2) is 33.8 Å². The standard InChI is InChI=1S/C12H19F3N4O/c1-11(2,3)10-17-8(18-19-10)9(20)16-7-5-4-6-12(13,14)15/h4-7H2,1-3H3,(H,16,20)(H,17,18,19). The molecule has 2 N–H and O–H groups in total. The van der Waals surface area contributed by atoms with E-state index in [1.54, 1.807) is 0 Å². The number of alkyl halides is 3. The van der Waals surface area contributed by atoms with Crippen LogP contribution in [0.25, 0.3) is 0 Å². The second-order valence-corrected chi connectivity index (χ2v) is 5.59. The summed E-state index contributed by atoms with van der Waals surface area (Å²) in [5.74, 6) is 0.106. The molecule has 0 unspecified atom stereocenters. The Morgan fingerprint density at radius 1 is 1.25 bits per heavy atom. The lowest BCUT2D eigenvalue weighted by Gasteiger charge is -2.12. The molecule has 0 fully saturated rings. The van der Waals surface area contributed by atoms with Crippen LogP contribution in [0.3, 0.4) is 0 Å². The molecule has 1 aromatic rings. The molecule has 0 aliphatic rings. The van der Waals surface area contributed by atoms with Crippen molar-refractivity contribution in [2.45, 2.75) is 51.6 Å². The molecule has 1 heterocycles. The van der Waals surface area contributed by atoms with E-state index in [1.807, 2.05) is 20.8 Å². The van der Waals surface area contributed by atoms with Gasteiger partial charge in [0.2, 0.25) is 5.82 Å². The summed E-state index contributed by atoms with van der Waals surface area (Å²) in [5, 5.41) is 8.97. The molecule has 0 aromatic carbocycles. The lowest BCUT2D eigenvalue weighted by atomic mass is 9.96. The summed E-state index contributed by atoms with van der Waals surface area (Å²) in [6, 6.07) is 0. The smallest absolute Gasteiger partial charge is 0.349 e. The molecule has 114 valence electrons. The minimum atomic E-state index is -4.14. The van der Waals surface area contributed by atoms with Crippen molar-refractivity contribution in [2.75, 3.05) is 6.54 Å². The van der Waals surface area contributed by atoms with Gasteiger partial charge in [-0.05, 0) is 12.8 Å². The Morgan fingerprint density at radius 3 is 2.40 bits per heavy atom. The summed E-state index contributed by atoms with van der Waals surface area (Å²) in [7, 11) is 0. The maximum absolute atomic E-state index is 11.9. The zero-order valence-electron chi connectivity index (χ0n) is 11.8. The predicted molar refractivity (Wildman–Crippen MR) is 67.3 cm³/mol. The Hall–Kier alpha value is -1.60. The third-order valence-electron chi connectivity index (χ3n) is 2.57. The first-order valence-corrected chi connectivity index (χ1v) is 6.37. The second kappa shape index (κ2) is 6.23. The number of H-pyrrole nitrogens is 1. The topological polar surface area (TPSA) is 70.7 Å². The first-order valence-electron chi connectivity index (χ1n) is 6.37. The molecule has 5 nitrogen and oxygen atoms in total. The highest BCUT2D eigenvalue weighted by Crippen LogP contribution is 2.21. The van der Waals surface area contributed by atoms with Gasteiger partial charge in [0.15, 0.2) is 0 Å². The summed E-state index contributed by atoms with van der Waals surface area (Å²) < 4.78 is 35.7. The van der Waals surface area contributed by atoms with Crippen molar-refractivity contribution in [1.29, 1.82) is 0 Å². The number of nitrogens with zero attached hydrogens (tertiary/aromatic N) is 2. The SMILES string of the molecule is CC(C)(C)c1nc(C(=O)NCCCCC(F)(F)F)n[nH]1. The van der Waals surface area contributed by atoms with E-state index in [0.717, 1.165) is 0 Å². The van der Waals surface area contributed by atoms with Gasteiger partial charge >= 0.3 is 6.18 Å². The maximum atomic E-state index is 11.9. The van der Waals surface area contributed by atoms with E-state index in [4.69, 9.17) is 0 Å². The number of hydrogen-bond acceptors (Lipinski definition) is 3. The van der Waals surface area contributed by atoms with Crippen molar-refractivity contribution >= 4 is 5.91 Å². The Kier molecular flexibility index (Phi) is 5.13.